The van der Waals surface area contributed by atoms with Crippen molar-refractivity contribution in [1.82, 2.24) is 0 Å². The largest absolute Gasteiger partial charge is 0.507 e. The molecule has 0 fully saturated rings. The number of phenols is 4. The quantitative estimate of drug-likeness (QED) is 0.0584. The van der Waals surface area contributed by atoms with Crippen LogP contribution in [0.1, 0.15) is 5.56 Å². The van der Waals surface area contributed by atoms with Crippen molar-refractivity contribution in [3.63, 3.8) is 0 Å². The highest BCUT2D eigenvalue weighted by molar-refractivity contribution is 5.90. The summed E-state index contributed by atoms with van der Waals surface area (Å²) in [7, 11) is 18.0. The van der Waals surface area contributed by atoms with Crippen LogP contribution in [0, 0.1) is 0 Å². The van der Waals surface area contributed by atoms with Gasteiger partial charge >= 0.3 is 0 Å². The summed E-state index contributed by atoms with van der Waals surface area (Å²) in [6.07, 6.45) is 0. The lowest BCUT2D eigenvalue weighted by molar-refractivity contribution is 0.284. The SMILES string of the molecule is COc1cc(O)c2c(=O)cc(-c3cc(OC)c(OC)c(OC)c3)oc2c1.COc1cc(O)c2c(=O)cc(-c3cc(OC)c(OC)cc3OC)oc2c1.COc1cc(O)c2c(=O)cc(-c3ccc(OCc4ccccc4)c(OC)c3)oc2c1.COc1ccc(-c2cc(=O)c3c(O)cc(OC)cc3o2)cc1. The molecular formula is C79H70O25. The molecule has 4 aromatic heterocycles. The molecule has 4 N–H and O–H groups in total. The average Bonchev–Trinajstić information content (AvgIpc) is 0.791. The summed E-state index contributed by atoms with van der Waals surface area (Å²) in [5.41, 5.74) is 2.95. The predicted octanol–water partition coefficient (Wildman–Crippen LogP) is 14.3. The molecule has 536 valence electrons. The third-order valence-electron chi connectivity index (χ3n) is 16.1. The van der Waals surface area contributed by atoms with Gasteiger partial charge in [-0.05, 0) is 66.2 Å². The Morgan fingerprint density at radius 1 is 0.279 bits per heavy atom. The molecule has 0 unspecified atom stereocenters. The number of fused-ring (bicyclic) bond motifs is 4. The van der Waals surface area contributed by atoms with E-state index in [4.69, 9.17) is 79.2 Å². The number of methoxy groups -OCH3 is 12. The zero-order valence-corrected chi connectivity index (χ0v) is 58.2. The van der Waals surface area contributed by atoms with Crippen LogP contribution in [0.2, 0.25) is 0 Å². The normalized spacial score (nSPS) is 10.7. The molecule has 0 saturated heterocycles. The minimum atomic E-state index is -0.391. The summed E-state index contributed by atoms with van der Waals surface area (Å²) in [6.45, 7) is 0.403. The van der Waals surface area contributed by atoms with Gasteiger partial charge in [-0.3, -0.25) is 19.2 Å². The first-order valence-corrected chi connectivity index (χ1v) is 31.2. The van der Waals surface area contributed by atoms with E-state index in [1.54, 1.807) is 93.1 Å². The number of hydrogen-bond acceptors (Lipinski definition) is 25. The van der Waals surface area contributed by atoms with Crippen LogP contribution in [0.3, 0.4) is 0 Å². The smallest absolute Gasteiger partial charge is 0.203 e. The summed E-state index contributed by atoms with van der Waals surface area (Å²) < 4.78 is 92.1. The topological polar surface area (TPSA) is 322 Å². The van der Waals surface area contributed by atoms with Crippen molar-refractivity contribution in [3.8, 4) is 143 Å². The summed E-state index contributed by atoms with van der Waals surface area (Å²) in [5, 5.41) is 40.6. The second-order valence-corrected chi connectivity index (χ2v) is 22.2. The molecule has 4 heterocycles. The molecule has 0 aliphatic carbocycles. The van der Waals surface area contributed by atoms with Crippen molar-refractivity contribution in [2.75, 3.05) is 85.3 Å². The molecule has 25 nitrogen and oxygen atoms in total. The Balaban J connectivity index is 0.000000150. The number of hydrogen-bond donors (Lipinski definition) is 4. The van der Waals surface area contributed by atoms with E-state index >= 15 is 0 Å². The van der Waals surface area contributed by atoms with Crippen molar-refractivity contribution in [3.05, 3.63) is 216 Å². The lowest BCUT2D eigenvalue weighted by atomic mass is 10.1. The number of ether oxygens (including phenoxy) is 13. The fraction of sp³-hybridized carbons (Fsp3) is 0.165. The van der Waals surface area contributed by atoms with Crippen LogP contribution in [0.5, 0.6) is 97.7 Å². The van der Waals surface area contributed by atoms with Crippen molar-refractivity contribution in [2.24, 2.45) is 0 Å². The first-order chi connectivity index (χ1) is 50.2. The van der Waals surface area contributed by atoms with Gasteiger partial charge < -0.3 is 99.7 Å². The van der Waals surface area contributed by atoms with Crippen molar-refractivity contribution >= 4 is 43.9 Å². The molecule has 0 aliphatic rings. The first kappa shape index (κ1) is 73.1. The molecule has 0 spiro atoms. The Bertz CT molecular complexity index is 5500. The van der Waals surface area contributed by atoms with Crippen LogP contribution >= 0.6 is 0 Å². The highest BCUT2D eigenvalue weighted by atomic mass is 16.5. The second-order valence-electron chi connectivity index (χ2n) is 22.2. The number of phenolic OH excluding ortho intramolecular Hbond substituents is 4. The van der Waals surface area contributed by atoms with E-state index in [-0.39, 0.29) is 94.7 Å². The minimum Gasteiger partial charge on any atom is -0.507 e. The van der Waals surface area contributed by atoms with Crippen LogP contribution < -0.4 is 83.3 Å². The fourth-order valence-corrected chi connectivity index (χ4v) is 10.9. The van der Waals surface area contributed by atoms with E-state index in [1.807, 2.05) is 30.3 Å². The highest BCUT2D eigenvalue weighted by Gasteiger charge is 2.22. The summed E-state index contributed by atoms with van der Waals surface area (Å²) in [6, 6.07) is 45.9. The molecule has 0 atom stereocenters. The molecule has 0 amide bonds. The van der Waals surface area contributed by atoms with Crippen molar-refractivity contribution in [1.29, 1.82) is 0 Å². The Morgan fingerprint density at radius 3 is 1.02 bits per heavy atom. The maximum Gasteiger partial charge on any atom is 0.203 e. The van der Waals surface area contributed by atoms with Gasteiger partial charge in [0, 0.05) is 95.6 Å². The Kier molecular flexibility index (Phi) is 22.9. The van der Waals surface area contributed by atoms with Gasteiger partial charge in [0.1, 0.15) is 131 Å². The average molecular weight is 1420 g/mol. The molecule has 25 heteroatoms. The van der Waals surface area contributed by atoms with E-state index < -0.39 is 5.43 Å². The van der Waals surface area contributed by atoms with Gasteiger partial charge in [0.05, 0.1) is 90.9 Å². The van der Waals surface area contributed by atoms with Crippen LogP contribution in [-0.4, -0.2) is 106 Å². The van der Waals surface area contributed by atoms with Gasteiger partial charge in [0.25, 0.3) is 0 Å². The molecule has 0 saturated carbocycles. The molecule has 9 aromatic carbocycles. The predicted molar refractivity (Wildman–Crippen MR) is 388 cm³/mol. The van der Waals surface area contributed by atoms with Gasteiger partial charge in [0.15, 0.2) is 56.2 Å². The summed E-state index contributed by atoms with van der Waals surface area (Å²) >= 11 is 0. The van der Waals surface area contributed by atoms with Crippen LogP contribution in [0.15, 0.2) is 207 Å². The van der Waals surface area contributed by atoms with E-state index in [0.29, 0.717) is 110 Å². The van der Waals surface area contributed by atoms with Gasteiger partial charge in [0.2, 0.25) is 5.75 Å². The molecule has 0 aliphatic heterocycles. The molecule has 0 bridgehead atoms. The fourth-order valence-electron chi connectivity index (χ4n) is 10.9. The number of benzene rings is 9. The third kappa shape index (κ3) is 15.9. The van der Waals surface area contributed by atoms with E-state index in [2.05, 4.69) is 0 Å². The van der Waals surface area contributed by atoms with Crippen LogP contribution in [0.25, 0.3) is 89.2 Å². The second kappa shape index (κ2) is 32.6. The van der Waals surface area contributed by atoms with Gasteiger partial charge in [-0.15, -0.1) is 0 Å². The zero-order valence-electron chi connectivity index (χ0n) is 58.2. The molecule has 13 rings (SSSR count). The first-order valence-electron chi connectivity index (χ1n) is 31.2. The number of rotatable bonds is 19. The van der Waals surface area contributed by atoms with Crippen LogP contribution in [-0.2, 0) is 6.61 Å². The Hall–Kier alpha value is -13.6. The molecule has 13 aromatic rings. The van der Waals surface area contributed by atoms with Crippen LogP contribution in [0.4, 0.5) is 0 Å². The number of aromatic hydroxyl groups is 4. The maximum absolute atomic E-state index is 12.6. The zero-order chi connectivity index (χ0) is 74.5. The van der Waals surface area contributed by atoms with E-state index in [0.717, 1.165) is 11.1 Å². The van der Waals surface area contributed by atoms with Gasteiger partial charge in [-0.2, -0.15) is 0 Å². The van der Waals surface area contributed by atoms with E-state index in [9.17, 15) is 39.6 Å². The van der Waals surface area contributed by atoms with Gasteiger partial charge in [-0.1, -0.05) is 30.3 Å². The maximum atomic E-state index is 12.6. The third-order valence-corrected chi connectivity index (χ3v) is 16.1. The minimum absolute atomic E-state index is 0.0778. The monoisotopic (exact) mass is 1420 g/mol. The molecule has 0 radical (unpaired) electrons. The lowest BCUT2D eigenvalue weighted by Gasteiger charge is -2.14. The van der Waals surface area contributed by atoms with E-state index in [1.165, 1.54) is 132 Å². The van der Waals surface area contributed by atoms with Crippen molar-refractivity contribution < 1.29 is 99.7 Å². The Labute approximate surface area is 592 Å². The van der Waals surface area contributed by atoms with Gasteiger partial charge in [-0.25, -0.2) is 0 Å². The standard InChI is InChI=1S/C24H20O6.2C19H18O7.C17H14O5/c1-27-17-11-18(25)24-19(26)13-21(30-23(24)12-17)16-8-9-20(22(10-16)28-2)29-14-15-6-4-3-5-7-15;1-22-10-5-12(20)19-13(21)8-15(26-18(19)6-10)11-7-16(24-3)17(25-4)9-14(11)23-2;1-22-11-7-12(20)18-13(21)9-14(26-15(18)8-11)10-5-16(23-2)19(25-4)17(6-10)24-3;1-20-11-5-3-10(4-6-11)15-9-14(19)17-13(18)7-12(21-2)8-16(17)22-15/h3-13,25H,14H2,1-2H3;2*5-9,20H,1-4H3;3-9,18H,1-2H3. The lowest BCUT2D eigenvalue weighted by Crippen LogP contribution is -2.02. The highest BCUT2D eigenvalue weighted by Crippen LogP contribution is 2.44. The summed E-state index contributed by atoms with van der Waals surface area (Å²) in [4.78, 5) is 49.8. The van der Waals surface area contributed by atoms with Crippen molar-refractivity contribution in [2.45, 2.75) is 6.61 Å². The summed E-state index contributed by atoms with van der Waals surface area (Å²) in [5.74, 6) is 6.56. The Morgan fingerprint density at radius 2 is 0.625 bits per heavy atom. The molecular weight excluding hydrogens is 1350 g/mol. The molecule has 104 heavy (non-hydrogen) atoms.